The van der Waals surface area contributed by atoms with Crippen molar-refractivity contribution in [2.24, 2.45) is 0 Å². The minimum Gasteiger partial charge on any atom is -0.422 e. The van der Waals surface area contributed by atoms with Gasteiger partial charge < -0.3 is 8.83 Å². The standard InChI is InChI=1S/C33H36.C27H32.C24H26.2C21H22O2.3C2H6/c1-4-7-25-10-16-28(17-11-25)31-22-32(29-18-12-26(8-5-2)13-19-29)24-33(23-31)30-20-14-27(9-6-3)15-21-30;1-4-7-21-10-14-24(15-11-21)26-18-23(9-6-3)19-27(20-26)25-16-12-22(8-5-2)13-17-25;1-3-6-19-10-14-21(15-11-19)23-8-5-9-24(18-23)22-16-12-20(7-4-2)13-17-22;1-4-14-7-9-17(10-8-14)19-12-18-11-15(5-2)16(6-3)13-20(18)23-21(19)22;1-4-14-7-9-17(10-8-14)19-13-18-16(6-3)11-15(5-2)12-20(18)23-21(19)22;3*1-2/h10-24H,4-9H2,1-3H3;10-20H,4-9H2,1-3H3;5,8-18H,3-4,6-7H2,1-2H3;2*7-13H,4-6H2,1-3H3;3*1-2H3. The molecule has 708 valence electrons. The van der Waals surface area contributed by atoms with Crippen LogP contribution in [0.25, 0.3) is 122 Å². The number of hydrogen-bond donors (Lipinski definition) is 0. The molecule has 2 aromatic heterocycles. The molecule has 16 aromatic rings. The largest absolute Gasteiger partial charge is 0.422 e. The second-order valence-corrected chi connectivity index (χ2v) is 34.9. The van der Waals surface area contributed by atoms with E-state index in [2.05, 4.69) is 364 Å². The molecule has 0 bridgehead atoms. The van der Waals surface area contributed by atoms with Gasteiger partial charge in [0.1, 0.15) is 11.2 Å². The SMILES string of the molecule is CC.CC.CC.CCCc1ccc(-c2cc(-c3ccc(CCC)cc3)cc(-c3ccc(CCC)cc3)c2)cc1.CCCc1ccc(-c2cc(CCC)cc(-c3ccc(CCC)cc3)c2)cc1.CCCc1ccc(-c2cccc(-c3ccc(CCC)cc3)c2)cc1.CCc1ccc(-c2cc3c(CC)cc(CC)cc3oc2=O)cc1.CCc1ccc(-c2cc3cc(CC)c(CC)cc3oc2=O)cc1. The van der Waals surface area contributed by atoms with Crippen LogP contribution < -0.4 is 11.3 Å². The predicted octanol–water partition coefficient (Wildman–Crippen LogP) is 37.7. The molecule has 0 saturated carbocycles. The normalized spacial score (nSPS) is 10.6. The highest BCUT2D eigenvalue weighted by molar-refractivity contribution is 5.87. The molecular formula is C132H156O4. The van der Waals surface area contributed by atoms with Gasteiger partial charge in [-0.1, -0.05) is 445 Å². The van der Waals surface area contributed by atoms with Gasteiger partial charge in [-0.2, -0.15) is 0 Å². The van der Waals surface area contributed by atoms with E-state index in [1.54, 1.807) is 0 Å². The van der Waals surface area contributed by atoms with E-state index in [1.165, 1.54) is 207 Å². The maximum absolute atomic E-state index is 12.4. The van der Waals surface area contributed by atoms with Gasteiger partial charge in [0.25, 0.3) is 0 Å². The Hall–Kier alpha value is -12.5. The van der Waals surface area contributed by atoms with Gasteiger partial charge in [0, 0.05) is 10.8 Å². The maximum atomic E-state index is 12.4. The van der Waals surface area contributed by atoms with Crippen LogP contribution in [-0.2, 0) is 89.9 Å². The zero-order valence-electron chi connectivity index (χ0n) is 86.2. The average molecular weight is 1810 g/mol. The molecule has 16 rings (SSSR count). The van der Waals surface area contributed by atoms with Crippen molar-refractivity contribution in [1.82, 2.24) is 0 Å². The summed E-state index contributed by atoms with van der Waals surface area (Å²) in [5.41, 5.74) is 41.0. The first-order valence-electron chi connectivity index (χ1n) is 52.0. The summed E-state index contributed by atoms with van der Waals surface area (Å²) in [6, 6.07) is 115. The lowest BCUT2D eigenvalue weighted by molar-refractivity contribution is 0.562. The number of fused-ring (bicyclic) bond motifs is 2. The molecule has 0 radical (unpaired) electrons. The van der Waals surface area contributed by atoms with Crippen LogP contribution in [0.4, 0.5) is 0 Å². The lowest BCUT2D eigenvalue weighted by Crippen LogP contribution is -2.04. The zero-order valence-corrected chi connectivity index (χ0v) is 86.2. The molecule has 0 unspecified atom stereocenters. The van der Waals surface area contributed by atoms with Crippen molar-refractivity contribution in [3.05, 3.63) is 414 Å². The fourth-order valence-electron chi connectivity index (χ4n) is 17.5. The lowest BCUT2D eigenvalue weighted by Gasteiger charge is -2.13. The molecule has 136 heavy (non-hydrogen) atoms. The third-order valence-corrected chi connectivity index (χ3v) is 25.1. The third-order valence-electron chi connectivity index (χ3n) is 25.1. The van der Waals surface area contributed by atoms with Crippen LogP contribution >= 0.6 is 0 Å². The number of aryl methyl sites for hydroxylation is 14. The van der Waals surface area contributed by atoms with E-state index in [-0.39, 0.29) is 11.3 Å². The molecule has 0 saturated heterocycles. The zero-order chi connectivity index (χ0) is 97.7. The Bertz CT molecular complexity index is 6050. The Morgan fingerprint density at radius 3 is 0.706 bits per heavy atom. The quantitative estimate of drug-likeness (QED) is 0.0406. The summed E-state index contributed by atoms with van der Waals surface area (Å²) in [5.74, 6) is 0. The first kappa shape index (κ1) is 107. The number of benzene rings is 14. The summed E-state index contributed by atoms with van der Waals surface area (Å²) >= 11 is 0. The Labute approximate surface area is 819 Å². The lowest BCUT2D eigenvalue weighted by atomic mass is 9.92. The van der Waals surface area contributed by atoms with Crippen molar-refractivity contribution in [1.29, 1.82) is 0 Å². The van der Waals surface area contributed by atoms with E-state index in [4.69, 9.17) is 8.83 Å². The average Bonchev–Trinajstić information content (AvgIpc) is 0.793. The molecule has 0 amide bonds. The maximum Gasteiger partial charge on any atom is 0.344 e. The van der Waals surface area contributed by atoms with Gasteiger partial charge in [-0.05, 0) is 317 Å². The molecule has 0 aliphatic carbocycles. The molecule has 0 fully saturated rings. The number of hydrogen-bond acceptors (Lipinski definition) is 4. The van der Waals surface area contributed by atoms with E-state index in [9.17, 15) is 9.59 Å². The summed E-state index contributed by atoms with van der Waals surface area (Å²) in [7, 11) is 0. The van der Waals surface area contributed by atoms with Gasteiger partial charge in [0.2, 0.25) is 0 Å². The highest BCUT2D eigenvalue weighted by Gasteiger charge is 2.17. The monoisotopic (exact) mass is 1810 g/mol. The molecule has 4 heteroatoms. The molecule has 4 nitrogen and oxygen atoms in total. The Morgan fingerprint density at radius 2 is 0.419 bits per heavy atom. The van der Waals surface area contributed by atoms with Crippen LogP contribution in [0.5, 0.6) is 0 Å². The van der Waals surface area contributed by atoms with Crippen LogP contribution in [0.15, 0.2) is 334 Å². The van der Waals surface area contributed by atoms with Crippen LogP contribution in [0.3, 0.4) is 0 Å². The molecule has 0 N–H and O–H groups in total. The summed E-state index contributed by atoms with van der Waals surface area (Å²) in [4.78, 5) is 24.8. The van der Waals surface area contributed by atoms with Gasteiger partial charge in [-0.15, -0.1) is 0 Å². The first-order chi connectivity index (χ1) is 66.5. The van der Waals surface area contributed by atoms with Crippen LogP contribution in [0.1, 0.15) is 268 Å². The smallest absolute Gasteiger partial charge is 0.344 e. The number of rotatable bonds is 31. The van der Waals surface area contributed by atoms with Gasteiger partial charge in [-0.3, -0.25) is 0 Å². The van der Waals surface area contributed by atoms with Gasteiger partial charge >= 0.3 is 11.3 Å². The fourth-order valence-corrected chi connectivity index (χ4v) is 17.5. The third kappa shape index (κ3) is 30.8. The minimum atomic E-state index is -0.270. The molecule has 2 heterocycles. The van der Waals surface area contributed by atoms with Gasteiger partial charge in [0.05, 0.1) is 11.1 Å². The highest BCUT2D eigenvalue weighted by atomic mass is 16.4. The summed E-state index contributed by atoms with van der Waals surface area (Å²) < 4.78 is 11.2. The highest BCUT2D eigenvalue weighted by Crippen LogP contribution is 2.37. The van der Waals surface area contributed by atoms with Crippen molar-refractivity contribution < 1.29 is 8.83 Å². The summed E-state index contributed by atoms with van der Waals surface area (Å²) in [5, 5.41) is 2.03. The summed E-state index contributed by atoms with van der Waals surface area (Å²) in [6.45, 7) is 42.7. The second-order valence-electron chi connectivity index (χ2n) is 34.9. The van der Waals surface area contributed by atoms with E-state index in [0.29, 0.717) is 22.3 Å². The van der Waals surface area contributed by atoms with E-state index in [0.717, 1.165) is 112 Å². The van der Waals surface area contributed by atoms with Gasteiger partial charge in [-0.25, -0.2) is 9.59 Å². The molecular weight excluding hydrogens is 1650 g/mol. The molecule has 14 aromatic carbocycles. The van der Waals surface area contributed by atoms with E-state index < -0.39 is 0 Å². The van der Waals surface area contributed by atoms with Crippen molar-refractivity contribution in [2.45, 2.75) is 280 Å². The molecule has 0 aliphatic heterocycles. The van der Waals surface area contributed by atoms with Crippen molar-refractivity contribution in [3.8, 4) is 100 Å². The second kappa shape index (κ2) is 57.4. The van der Waals surface area contributed by atoms with Crippen molar-refractivity contribution in [2.75, 3.05) is 0 Å². The Kier molecular flexibility index (Phi) is 45.2. The van der Waals surface area contributed by atoms with Crippen LogP contribution in [0.2, 0.25) is 0 Å². The van der Waals surface area contributed by atoms with Gasteiger partial charge in [0.15, 0.2) is 0 Å². The van der Waals surface area contributed by atoms with Crippen LogP contribution in [-0.4, -0.2) is 0 Å². The Balaban J connectivity index is 0.000000189. The Morgan fingerprint density at radius 1 is 0.176 bits per heavy atom. The van der Waals surface area contributed by atoms with Crippen molar-refractivity contribution >= 4 is 21.9 Å². The summed E-state index contributed by atoms with van der Waals surface area (Å²) in [6.07, 6.45) is 24.5. The first-order valence-corrected chi connectivity index (χ1v) is 52.0. The topological polar surface area (TPSA) is 60.4 Å². The van der Waals surface area contributed by atoms with Crippen LogP contribution in [0, 0.1) is 0 Å². The molecule has 0 spiro atoms. The van der Waals surface area contributed by atoms with Crippen molar-refractivity contribution in [3.63, 3.8) is 0 Å². The van der Waals surface area contributed by atoms with E-state index >= 15 is 0 Å². The molecule has 0 aliphatic rings. The van der Waals surface area contributed by atoms with E-state index in [1.807, 2.05) is 90.1 Å². The molecule has 0 atom stereocenters. The minimum absolute atomic E-state index is 0.267. The fraction of sp³-hybridized carbons (Fsp3) is 0.318. The predicted molar refractivity (Wildman–Crippen MR) is 595 cm³/mol.